The quantitative estimate of drug-likeness (QED) is 0.695. The van der Waals surface area contributed by atoms with Crippen molar-refractivity contribution in [2.75, 3.05) is 7.11 Å². The minimum absolute atomic E-state index is 0.0182. The number of ketones is 1. The minimum Gasteiger partial charge on any atom is -0.497 e. The third-order valence-electron chi connectivity index (χ3n) is 3.54. The van der Waals surface area contributed by atoms with Crippen LogP contribution in [0.3, 0.4) is 0 Å². The molecule has 0 fully saturated rings. The monoisotopic (exact) mass is 294 g/mol. The Morgan fingerprint density at radius 2 is 1.82 bits per heavy atom. The van der Waals surface area contributed by atoms with Gasteiger partial charge < -0.3 is 9.15 Å². The van der Waals surface area contributed by atoms with Crippen LogP contribution in [0.25, 0.3) is 11.0 Å². The van der Waals surface area contributed by atoms with Crippen LogP contribution in [-0.4, -0.2) is 12.9 Å². The van der Waals surface area contributed by atoms with E-state index in [2.05, 4.69) is 0 Å². The number of aryl methyl sites for hydroxylation is 1. The lowest BCUT2D eigenvalue weighted by Crippen LogP contribution is -2.15. The molecule has 0 aliphatic carbocycles. The summed E-state index contributed by atoms with van der Waals surface area (Å²) in [6.07, 6.45) is 1.22. The molecule has 2 aromatic carbocycles. The second-order valence-electron chi connectivity index (χ2n) is 5.04. The summed E-state index contributed by atoms with van der Waals surface area (Å²) in [7, 11) is 1.52. The van der Waals surface area contributed by atoms with E-state index in [1.807, 2.05) is 19.1 Å². The predicted molar refractivity (Wildman–Crippen MR) is 83.6 cm³/mol. The summed E-state index contributed by atoms with van der Waals surface area (Å²) in [6.45, 7) is 1.94. The van der Waals surface area contributed by atoms with E-state index < -0.39 is 0 Å². The van der Waals surface area contributed by atoms with Crippen molar-refractivity contribution in [2.45, 2.75) is 6.92 Å². The van der Waals surface area contributed by atoms with Gasteiger partial charge in [0.1, 0.15) is 23.2 Å². The second kappa shape index (κ2) is 5.48. The average Bonchev–Trinajstić information content (AvgIpc) is 2.55. The molecule has 3 aromatic rings. The van der Waals surface area contributed by atoms with Gasteiger partial charge in [-0.25, -0.2) is 0 Å². The SMILES string of the molecule is COc1ccc2occ(C(=O)c3ccc(C)cc3)c(=O)c2c1. The molecule has 1 heterocycles. The zero-order chi connectivity index (χ0) is 15.7. The maximum absolute atomic E-state index is 12.5. The van der Waals surface area contributed by atoms with Crippen LogP contribution in [0.4, 0.5) is 0 Å². The average molecular weight is 294 g/mol. The highest BCUT2D eigenvalue weighted by Gasteiger charge is 2.16. The largest absolute Gasteiger partial charge is 0.497 e. The number of hydrogen-bond acceptors (Lipinski definition) is 4. The number of carbonyl (C=O) groups excluding carboxylic acids is 1. The summed E-state index contributed by atoms with van der Waals surface area (Å²) >= 11 is 0. The van der Waals surface area contributed by atoms with E-state index in [4.69, 9.17) is 9.15 Å². The number of benzene rings is 2. The maximum atomic E-state index is 12.5. The highest BCUT2D eigenvalue weighted by Crippen LogP contribution is 2.19. The first kappa shape index (κ1) is 14.1. The number of carbonyl (C=O) groups is 1. The molecule has 0 saturated heterocycles. The van der Waals surface area contributed by atoms with Crippen molar-refractivity contribution in [1.29, 1.82) is 0 Å². The number of rotatable bonds is 3. The zero-order valence-corrected chi connectivity index (χ0v) is 12.3. The third-order valence-corrected chi connectivity index (χ3v) is 3.54. The Morgan fingerprint density at radius 1 is 1.09 bits per heavy atom. The Balaban J connectivity index is 2.14. The van der Waals surface area contributed by atoms with Crippen LogP contribution in [0.2, 0.25) is 0 Å². The molecule has 0 aliphatic heterocycles. The molecule has 0 bridgehead atoms. The van der Waals surface area contributed by atoms with Crippen molar-refractivity contribution < 1.29 is 13.9 Å². The van der Waals surface area contributed by atoms with Crippen LogP contribution in [0.1, 0.15) is 21.5 Å². The van der Waals surface area contributed by atoms with Crippen LogP contribution in [0.15, 0.2) is 57.9 Å². The smallest absolute Gasteiger partial charge is 0.204 e. The van der Waals surface area contributed by atoms with E-state index in [9.17, 15) is 9.59 Å². The van der Waals surface area contributed by atoms with Gasteiger partial charge in [0.05, 0.1) is 12.5 Å². The Hall–Kier alpha value is -2.88. The lowest BCUT2D eigenvalue weighted by molar-refractivity contribution is 0.103. The predicted octanol–water partition coefficient (Wildman–Crippen LogP) is 3.34. The molecule has 0 atom stereocenters. The number of methoxy groups -OCH3 is 1. The number of ether oxygens (including phenoxy) is 1. The highest BCUT2D eigenvalue weighted by molar-refractivity contribution is 6.09. The van der Waals surface area contributed by atoms with E-state index in [0.29, 0.717) is 22.3 Å². The van der Waals surface area contributed by atoms with Crippen LogP contribution in [0, 0.1) is 6.92 Å². The van der Waals surface area contributed by atoms with Gasteiger partial charge in [-0.3, -0.25) is 9.59 Å². The molecule has 0 amide bonds. The van der Waals surface area contributed by atoms with Crippen molar-refractivity contribution in [2.24, 2.45) is 0 Å². The van der Waals surface area contributed by atoms with Gasteiger partial charge in [-0.15, -0.1) is 0 Å². The van der Waals surface area contributed by atoms with E-state index in [1.54, 1.807) is 30.3 Å². The first-order valence-corrected chi connectivity index (χ1v) is 6.81. The van der Waals surface area contributed by atoms with Gasteiger partial charge in [-0.05, 0) is 25.1 Å². The minimum atomic E-state index is -0.356. The molecule has 110 valence electrons. The normalized spacial score (nSPS) is 10.6. The first-order chi connectivity index (χ1) is 10.6. The topological polar surface area (TPSA) is 56.5 Å². The summed E-state index contributed by atoms with van der Waals surface area (Å²) in [4.78, 5) is 25.0. The van der Waals surface area contributed by atoms with Crippen molar-refractivity contribution in [3.63, 3.8) is 0 Å². The van der Waals surface area contributed by atoms with Crippen LogP contribution in [0.5, 0.6) is 5.75 Å². The molecule has 3 rings (SSSR count). The molecule has 22 heavy (non-hydrogen) atoms. The molecule has 1 aromatic heterocycles. The first-order valence-electron chi connectivity index (χ1n) is 6.81. The lowest BCUT2D eigenvalue weighted by Gasteiger charge is -2.04. The van der Waals surface area contributed by atoms with Crippen molar-refractivity contribution in [3.8, 4) is 5.75 Å². The van der Waals surface area contributed by atoms with Gasteiger partial charge in [0.25, 0.3) is 0 Å². The summed E-state index contributed by atoms with van der Waals surface area (Å²) in [5, 5.41) is 0.331. The number of hydrogen-bond donors (Lipinski definition) is 0. The Kier molecular flexibility index (Phi) is 3.51. The van der Waals surface area contributed by atoms with Gasteiger partial charge in [0.2, 0.25) is 5.43 Å². The summed E-state index contributed by atoms with van der Waals surface area (Å²) in [5.41, 5.74) is 1.59. The molecule has 0 aliphatic rings. The summed E-state index contributed by atoms with van der Waals surface area (Å²) in [5.74, 6) is 0.193. The second-order valence-corrected chi connectivity index (χ2v) is 5.04. The Morgan fingerprint density at radius 3 is 2.50 bits per heavy atom. The van der Waals surface area contributed by atoms with Crippen LogP contribution < -0.4 is 10.2 Å². The highest BCUT2D eigenvalue weighted by atomic mass is 16.5. The molecular formula is C18H14O4. The molecular weight excluding hydrogens is 280 g/mol. The zero-order valence-electron chi connectivity index (χ0n) is 12.3. The Labute approximate surface area is 127 Å². The van der Waals surface area contributed by atoms with E-state index in [-0.39, 0.29) is 16.8 Å². The van der Waals surface area contributed by atoms with Crippen LogP contribution >= 0.6 is 0 Å². The molecule has 4 nitrogen and oxygen atoms in total. The van der Waals surface area contributed by atoms with Crippen molar-refractivity contribution in [1.82, 2.24) is 0 Å². The van der Waals surface area contributed by atoms with Crippen molar-refractivity contribution in [3.05, 3.63) is 75.6 Å². The fourth-order valence-electron chi connectivity index (χ4n) is 2.25. The fraction of sp³-hybridized carbons (Fsp3) is 0.111. The fourth-order valence-corrected chi connectivity index (χ4v) is 2.25. The van der Waals surface area contributed by atoms with Gasteiger partial charge >= 0.3 is 0 Å². The van der Waals surface area contributed by atoms with Gasteiger partial charge in [-0.2, -0.15) is 0 Å². The van der Waals surface area contributed by atoms with Gasteiger partial charge in [0.15, 0.2) is 5.78 Å². The summed E-state index contributed by atoms with van der Waals surface area (Å²) in [6, 6.07) is 12.0. The molecule has 0 N–H and O–H groups in total. The lowest BCUT2D eigenvalue weighted by atomic mass is 10.0. The van der Waals surface area contributed by atoms with E-state index in [0.717, 1.165) is 5.56 Å². The van der Waals surface area contributed by atoms with E-state index in [1.165, 1.54) is 13.4 Å². The molecule has 0 spiro atoms. The maximum Gasteiger partial charge on any atom is 0.204 e. The molecule has 0 saturated carbocycles. The summed E-state index contributed by atoms with van der Waals surface area (Å²) < 4.78 is 10.5. The van der Waals surface area contributed by atoms with E-state index >= 15 is 0 Å². The molecule has 0 radical (unpaired) electrons. The third kappa shape index (κ3) is 2.39. The van der Waals surface area contributed by atoms with Gasteiger partial charge in [-0.1, -0.05) is 29.8 Å². The van der Waals surface area contributed by atoms with Crippen LogP contribution in [-0.2, 0) is 0 Å². The van der Waals surface area contributed by atoms with Gasteiger partial charge in [0, 0.05) is 5.56 Å². The molecule has 0 unspecified atom stereocenters. The van der Waals surface area contributed by atoms with Crippen molar-refractivity contribution >= 4 is 16.8 Å². The number of fused-ring (bicyclic) bond motifs is 1. The molecule has 4 heteroatoms. The standard InChI is InChI=1S/C18H14O4/c1-11-3-5-12(6-4-11)17(19)15-10-22-16-8-7-13(21-2)9-14(16)18(15)20/h3-10H,1-2H3. The Bertz CT molecular complexity index is 905.